The predicted molar refractivity (Wildman–Crippen MR) is 103 cm³/mol. The first-order valence-corrected chi connectivity index (χ1v) is 9.09. The summed E-state index contributed by atoms with van der Waals surface area (Å²) < 4.78 is 0. The highest BCUT2D eigenvalue weighted by molar-refractivity contribution is 7.19. The molecular formula is C18H18ClN3O2S. The number of likely N-dealkylation sites (N-methyl/N-ethyl adjacent to an activating group) is 1. The van der Waals surface area contributed by atoms with Crippen LogP contribution in [0.1, 0.15) is 17.4 Å². The molecule has 2 aromatic heterocycles. The summed E-state index contributed by atoms with van der Waals surface area (Å²) in [5, 5.41) is 10.1. The van der Waals surface area contributed by atoms with Crippen LogP contribution in [-0.4, -0.2) is 34.6 Å². The van der Waals surface area contributed by atoms with E-state index in [4.69, 9.17) is 16.7 Å². The first-order chi connectivity index (χ1) is 11.9. The minimum Gasteiger partial charge on any atom is -0.480 e. The number of benzene rings is 1. The van der Waals surface area contributed by atoms with E-state index in [0.717, 1.165) is 32.6 Å². The number of hydrogen-bond acceptors (Lipinski definition) is 5. The Bertz CT molecular complexity index is 938. The van der Waals surface area contributed by atoms with Crippen molar-refractivity contribution in [1.29, 1.82) is 0 Å². The van der Waals surface area contributed by atoms with Gasteiger partial charge in [-0.15, -0.1) is 11.3 Å². The number of fused-ring (bicyclic) bond motifs is 1. The molecule has 0 bridgehead atoms. The van der Waals surface area contributed by atoms with Gasteiger partial charge in [0.05, 0.1) is 5.39 Å². The number of thiophene rings is 1. The molecule has 0 saturated heterocycles. The van der Waals surface area contributed by atoms with Crippen molar-refractivity contribution in [2.45, 2.75) is 20.3 Å². The summed E-state index contributed by atoms with van der Waals surface area (Å²) in [6.07, 6.45) is 0.981. The minimum atomic E-state index is -0.925. The van der Waals surface area contributed by atoms with Crippen LogP contribution in [0, 0.1) is 6.92 Å². The first-order valence-electron chi connectivity index (χ1n) is 7.89. The lowest BCUT2D eigenvalue weighted by atomic mass is 10.0. The zero-order valence-corrected chi connectivity index (χ0v) is 15.8. The second-order valence-corrected chi connectivity index (χ2v) is 7.37. The van der Waals surface area contributed by atoms with Gasteiger partial charge in [0.1, 0.15) is 17.2 Å². The van der Waals surface area contributed by atoms with Gasteiger partial charge in [-0.05, 0) is 36.1 Å². The monoisotopic (exact) mass is 375 g/mol. The Balaban J connectivity index is 2.24. The van der Waals surface area contributed by atoms with E-state index < -0.39 is 5.97 Å². The number of hydrogen-bond donors (Lipinski definition) is 1. The van der Waals surface area contributed by atoms with Crippen LogP contribution in [0.4, 0.5) is 5.82 Å². The van der Waals surface area contributed by atoms with E-state index in [1.54, 1.807) is 11.9 Å². The topological polar surface area (TPSA) is 66.3 Å². The molecule has 0 amide bonds. The number of nitrogens with zero attached hydrogens (tertiary/aromatic N) is 3. The van der Waals surface area contributed by atoms with E-state index in [2.05, 4.69) is 41.2 Å². The van der Waals surface area contributed by atoms with E-state index in [0.29, 0.717) is 5.82 Å². The zero-order chi connectivity index (χ0) is 18.1. The normalized spacial score (nSPS) is 11.0. The summed E-state index contributed by atoms with van der Waals surface area (Å²) in [6.45, 7) is 3.99. The largest absolute Gasteiger partial charge is 0.480 e. The van der Waals surface area contributed by atoms with E-state index in [1.807, 2.05) is 6.92 Å². The molecule has 0 aliphatic rings. The smallest absolute Gasteiger partial charge is 0.323 e. The number of carbonyl (C=O) groups is 1. The second-order valence-electron chi connectivity index (χ2n) is 5.83. The highest BCUT2D eigenvalue weighted by Gasteiger charge is 2.21. The quantitative estimate of drug-likeness (QED) is 0.669. The highest BCUT2D eigenvalue weighted by atomic mass is 35.5. The fourth-order valence-electron chi connectivity index (χ4n) is 2.88. The van der Waals surface area contributed by atoms with Crippen LogP contribution in [0.5, 0.6) is 0 Å². The Labute approximate surface area is 154 Å². The predicted octanol–water partition coefficient (Wildman–Crippen LogP) is 4.40. The summed E-state index contributed by atoms with van der Waals surface area (Å²) in [5.74, 6) is -0.387. The third kappa shape index (κ3) is 3.45. The Morgan fingerprint density at radius 2 is 1.96 bits per heavy atom. The van der Waals surface area contributed by atoms with Gasteiger partial charge in [0.25, 0.3) is 0 Å². The molecule has 0 fully saturated rings. The number of rotatable bonds is 5. The maximum atomic E-state index is 11.1. The number of halogens is 1. The molecule has 0 spiro atoms. The van der Waals surface area contributed by atoms with Crippen LogP contribution in [0.25, 0.3) is 21.3 Å². The molecular weight excluding hydrogens is 358 g/mol. The van der Waals surface area contributed by atoms with E-state index in [1.165, 1.54) is 16.9 Å². The highest BCUT2D eigenvalue weighted by Crippen LogP contribution is 2.42. The Kier molecular flexibility index (Phi) is 4.92. The van der Waals surface area contributed by atoms with Crippen LogP contribution >= 0.6 is 22.9 Å². The van der Waals surface area contributed by atoms with Gasteiger partial charge in [-0.2, -0.15) is 4.98 Å². The van der Waals surface area contributed by atoms with Crippen molar-refractivity contribution in [1.82, 2.24) is 9.97 Å². The van der Waals surface area contributed by atoms with Gasteiger partial charge in [0.15, 0.2) is 0 Å². The standard InChI is InChI=1S/C18H18ClN3O2S/c1-4-11-5-7-12(8-6-11)14-10(2)25-17-15(14)16(20-18(19)21-17)22(3)9-13(23)24/h5-8H,4,9H2,1-3H3,(H,23,24). The third-order valence-corrected chi connectivity index (χ3v) is 5.23. The Morgan fingerprint density at radius 3 is 2.56 bits per heavy atom. The van der Waals surface area contributed by atoms with Gasteiger partial charge in [-0.3, -0.25) is 4.79 Å². The van der Waals surface area contributed by atoms with E-state index in [-0.39, 0.29) is 11.8 Å². The average molecular weight is 376 g/mol. The molecule has 0 aliphatic heterocycles. The van der Waals surface area contributed by atoms with Crippen LogP contribution in [0.2, 0.25) is 5.28 Å². The third-order valence-electron chi connectivity index (χ3n) is 4.07. The number of aryl methyl sites for hydroxylation is 2. The second kappa shape index (κ2) is 6.98. The van der Waals surface area contributed by atoms with Gasteiger partial charge >= 0.3 is 5.97 Å². The molecule has 0 saturated carbocycles. The number of carboxylic acids is 1. The van der Waals surface area contributed by atoms with Crippen molar-refractivity contribution >= 4 is 44.9 Å². The van der Waals surface area contributed by atoms with Crippen molar-refractivity contribution in [2.75, 3.05) is 18.5 Å². The lowest BCUT2D eigenvalue weighted by molar-refractivity contribution is -0.135. The first kappa shape index (κ1) is 17.6. The molecule has 3 rings (SSSR count). The molecule has 2 heterocycles. The number of aromatic nitrogens is 2. The van der Waals surface area contributed by atoms with Crippen LogP contribution in [-0.2, 0) is 11.2 Å². The molecule has 0 aliphatic carbocycles. The van der Waals surface area contributed by atoms with Crippen LogP contribution in [0.3, 0.4) is 0 Å². The molecule has 0 radical (unpaired) electrons. The number of carboxylic acid groups (broad SMARTS) is 1. The molecule has 130 valence electrons. The molecule has 1 N–H and O–H groups in total. The van der Waals surface area contributed by atoms with Crippen LogP contribution in [0.15, 0.2) is 24.3 Å². The van der Waals surface area contributed by atoms with Crippen molar-refractivity contribution in [3.63, 3.8) is 0 Å². The summed E-state index contributed by atoms with van der Waals surface area (Å²) in [6, 6.07) is 8.39. The molecule has 25 heavy (non-hydrogen) atoms. The van der Waals surface area contributed by atoms with E-state index in [9.17, 15) is 4.79 Å². The summed E-state index contributed by atoms with van der Waals surface area (Å²) in [5.41, 5.74) is 3.37. The van der Waals surface area contributed by atoms with Gasteiger partial charge in [0.2, 0.25) is 5.28 Å². The molecule has 5 nitrogen and oxygen atoms in total. The average Bonchev–Trinajstić information content (AvgIpc) is 2.89. The molecule has 0 atom stereocenters. The van der Waals surface area contributed by atoms with Gasteiger partial charge in [-0.25, -0.2) is 4.98 Å². The van der Waals surface area contributed by atoms with Crippen molar-refractivity contribution < 1.29 is 9.90 Å². The zero-order valence-electron chi connectivity index (χ0n) is 14.2. The maximum Gasteiger partial charge on any atom is 0.323 e. The lowest BCUT2D eigenvalue weighted by Gasteiger charge is -2.17. The summed E-state index contributed by atoms with van der Waals surface area (Å²) >= 11 is 7.60. The molecule has 1 aromatic carbocycles. The number of aliphatic carboxylic acids is 1. The van der Waals surface area contributed by atoms with Crippen molar-refractivity contribution in [3.8, 4) is 11.1 Å². The van der Waals surface area contributed by atoms with E-state index >= 15 is 0 Å². The van der Waals surface area contributed by atoms with Gasteiger partial charge in [-0.1, -0.05) is 31.2 Å². The van der Waals surface area contributed by atoms with Crippen LogP contribution < -0.4 is 4.90 Å². The summed E-state index contributed by atoms with van der Waals surface area (Å²) in [4.78, 5) is 23.2. The lowest BCUT2D eigenvalue weighted by Crippen LogP contribution is -2.26. The minimum absolute atomic E-state index is 0.119. The fourth-order valence-corrected chi connectivity index (χ4v) is 4.13. The molecule has 7 heteroatoms. The summed E-state index contributed by atoms with van der Waals surface area (Å²) in [7, 11) is 1.70. The van der Waals surface area contributed by atoms with Crippen molar-refractivity contribution in [3.05, 3.63) is 40.0 Å². The fraction of sp³-hybridized carbons (Fsp3) is 0.278. The number of anilines is 1. The Hall–Kier alpha value is -2.18. The van der Waals surface area contributed by atoms with Crippen molar-refractivity contribution in [2.24, 2.45) is 0 Å². The Morgan fingerprint density at radius 1 is 1.28 bits per heavy atom. The maximum absolute atomic E-state index is 11.1. The SMILES string of the molecule is CCc1ccc(-c2c(C)sc3nc(Cl)nc(N(C)CC(=O)O)c23)cc1. The molecule has 3 aromatic rings. The molecule has 0 unspecified atom stereocenters. The van der Waals surface area contributed by atoms with Gasteiger partial charge < -0.3 is 10.0 Å². The van der Waals surface area contributed by atoms with Gasteiger partial charge in [0, 0.05) is 17.5 Å².